The molecule has 3 heterocycles. The van der Waals surface area contributed by atoms with Crippen LogP contribution < -0.4 is 20.7 Å². The van der Waals surface area contributed by atoms with Crippen molar-refractivity contribution in [2.24, 2.45) is 7.05 Å². The lowest BCUT2D eigenvalue weighted by molar-refractivity contribution is 0.171. The summed E-state index contributed by atoms with van der Waals surface area (Å²) in [6.07, 6.45) is 5.24. The summed E-state index contributed by atoms with van der Waals surface area (Å²) in [6.45, 7) is 5.94. The van der Waals surface area contributed by atoms with Gasteiger partial charge in [-0.2, -0.15) is 0 Å². The van der Waals surface area contributed by atoms with E-state index in [4.69, 9.17) is 9.47 Å². The Morgan fingerprint density at radius 3 is 2.43 bits per heavy atom. The summed E-state index contributed by atoms with van der Waals surface area (Å²) < 4.78 is 15.9. The first-order chi connectivity index (χ1) is 14.5. The van der Waals surface area contributed by atoms with Gasteiger partial charge >= 0.3 is 5.69 Å². The van der Waals surface area contributed by atoms with Crippen molar-refractivity contribution in [1.82, 2.24) is 18.7 Å². The molecule has 1 aliphatic heterocycles. The molecule has 0 atom stereocenters. The second kappa shape index (κ2) is 8.22. The number of hydrogen-bond donors (Lipinski definition) is 0. The fraction of sp³-hybridized carbons (Fsp3) is 0.409. The van der Waals surface area contributed by atoms with E-state index in [1.807, 2.05) is 44.2 Å². The molecule has 0 saturated carbocycles. The SMILES string of the molecule is CCCn1c(=O)c2c(nc(/C=C/c3ccc4c(c3)OCCO4)n2C)n(CCC)c1=O. The smallest absolute Gasteiger partial charge is 0.332 e. The Morgan fingerprint density at radius 1 is 1.00 bits per heavy atom. The zero-order valence-corrected chi connectivity index (χ0v) is 17.6. The molecule has 0 spiro atoms. The van der Waals surface area contributed by atoms with Crippen molar-refractivity contribution in [3.05, 3.63) is 50.4 Å². The molecule has 30 heavy (non-hydrogen) atoms. The zero-order chi connectivity index (χ0) is 21.3. The Labute approximate surface area is 174 Å². The van der Waals surface area contributed by atoms with Crippen LogP contribution in [-0.4, -0.2) is 31.9 Å². The van der Waals surface area contributed by atoms with E-state index in [0.717, 1.165) is 17.7 Å². The highest BCUT2D eigenvalue weighted by molar-refractivity contribution is 5.77. The Morgan fingerprint density at radius 2 is 1.70 bits per heavy atom. The third-order valence-corrected chi connectivity index (χ3v) is 5.16. The van der Waals surface area contributed by atoms with Crippen LogP contribution in [0.15, 0.2) is 27.8 Å². The molecule has 0 saturated heterocycles. The maximum atomic E-state index is 13.0. The Hall–Kier alpha value is -3.29. The number of ether oxygens (including phenoxy) is 2. The molecule has 0 fully saturated rings. The van der Waals surface area contributed by atoms with Gasteiger partial charge in [-0.05, 0) is 36.6 Å². The van der Waals surface area contributed by atoms with E-state index >= 15 is 0 Å². The molecule has 0 N–H and O–H groups in total. The minimum Gasteiger partial charge on any atom is -0.486 e. The van der Waals surface area contributed by atoms with E-state index in [1.54, 1.807) is 16.2 Å². The van der Waals surface area contributed by atoms with Crippen LogP contribution in [-0.2, 0) is 20.1 Å². The second-order valence-electron chi connectivity index (χ2n) is 7.33. The van der Waals surface area contributed by atoms with Crippen LogP contribution in [0.2, 0.25) is 0 Å². The van der Waals surface area contributed by atoms with Gasteiger partial charge in [-0.15, -0.1) is 0 Å². The van der Waals surface area contributed by atoms with E-state index < -0.39 is 0 Å². The summed E-state index contributed by atoms with van der Waals surface area (Å²) in [5.41, 5.74) is 1.22. The largest absolute Gasteiger partial charge is 0.486 e. The topological polar surface area (TPSA) is 80.3 Å². The molecule has 8 heteroatoms. The fourth-order valence-corrected chi connectivity index (χ4v) is 3.71. The zero-order valence-electron chi connectivity index (χ0n) is 17.6. The standard InChI is InChI=1S/C22H26N4O4/c1-4-10-25-20-19(21(27)26(11-5-2)22(25)28)24(3)18(23-20)9-7-15-6-8-16-17(14-15)30-13-12-29-16/h6-9,14H,4-5,10-13H2,1-3H3/b9-7+. The number of imidazole rings is 1. The summed E-state index contributed by atoms with van der Waals surface area (Å²) in [6, 6.07) is 5.73. The fourth-order valence-electron chi connectivity index (χ4n) is 3.71. The van der Waals surface area contributed by atoms with Gasteiger partial charge in [-0.25, -0.2) is 9.78 Å². The maximum Gasteiger partial charge on any atom is 0.332 e. The predicted octanol–water partition coefficient (Wildman–Crippen LogP) is 2.66. The molecule has 3 aromatic rings. The second-order valence-corrected chi connectivity index (χ2v) is 7.33. The first-order valence-corrected chi connectivity index (χ1v) is 10.3. The van der Waals surface area contributed by atoms with Crippen LogP contribution in [0.3, 0.4) is 0 Å². The molecular weight excluding hydrogens is 384 g/mol. The molecule has 1 aromatic carbocycles. The number of nitrogens with zero attached hydrogens (tertiary/aromatic N) is 4. The minimum atomic E-state index is -0.295. The molecule has 0 aliphatic carbocycles. The quantitative estimate of drug-likeness (QED) is 0.624. The average Bonchev–Trinajstić information content (AvgIpc) is 3.08. The van der Waals surface area contributed by atoms with E-state index in [2.05, 4.69) is 4.98 Å². The maximum absolute atomic E-state index is 13.0. The molecule has 0 amide bonds. The summed E-state index contributed by atoms with van der Waals surface area (Å²) in [7, 11) is 1.80. The number of fused-ring (bicyclic) bond motifs is 2. The number of aromatic nitrogens is 4. The highest BCUT2D eigenvalue weighted by Gasteiger charge is 2.18. The summed E-state index contributed by atoms with van der Waals surface area (Å²) >= 11 is 0. The van der Waals surface area contributed by atoms with E-state index in [0.29, 0.717) is 55.5 Å². The molecule has 0 bridgehead atoms. The molecular formula is C22H26N4O4. The normalized spacial score (nSPS) is 13.4. The van der Waals surface area contributed by atoms with Gasteiger partial charge in [0.2, 0.25) is 0 Å². The molecule has 4 rings (SSSR count). The first kappa shape index (κ1) is 20.0. The van der Waals surface area contributed by atoms with E-state index in [9.17, 15) is 9.59 Å². The van der Waals surface area contributed by atoms with Crippen LogP contribution in [0.4, 0.5) is 0 Å². The highest BCUT2D eigenvalue weighted by atomic mass is 16.6. The van der Waals surface area contributed by atoms with Gasteiger partial charge in [0.15, 0.2) is 22.7 Å². The third-order valence-electron chi connectivity index (χ3n) is 5.16. The van der Waals surface area contributed by atoms with Gasteiger partial charge in [0.1, 0.15) is 19.0 Å². The number of aryl methyl sites for hydroxylation is 2. The summed E-state index contributed by atoms with van der Waals surface area (Å²) in [5.74, 6) is 2.06. The van der Waals surface area contributed by atoms with Gasteiger partial charge in [0.25, 0.3) is 5.56 Å². The van der Waals surface area contributed by atoms with E-state index in [1.165, 1.54) is 4.57 Å². The van der Waals surface area contributed by atoms with Crippen LogP contribution >= 0.6 is 0 Å². The molecule has 8 nitrogen and oxygen atoms in total. The molecule has 158 valence electrons. The van der Waals surface area contributed by atoms with Crippen molar-refractivity contribution in [2.45, 2.75) is 39.8 Å². The van der Waals surface area contributed by atoms with Crippen molar-refractivity contribution < 1.29 is 9.47 Å². The number of hydrogen-bond acceptors (Lipinski definition) is 5. The lowest BCUT2D eigenvalue weighted by atomic mass is 10.2. The minimum absolute atomic E-state index is 0.293. The van der Waals surface area contributed by atoms with Crippen molar-refractivity contribution in [1.29, 1.82) is 0 Å². The van der Waals surface area contributed by atoms with Crippen molar-refractivity contribution >= 4 is 23.3 Å². The monoisotopic (exact) mass is 410 g/mol. The number of rotatable bonds is 6. The van der Waals surface area contributed by atoms with E-state index in [-0.39, 0.29) is 11.2 Å². The molecule has 0 radical (unpaired) electrons. The molecule has 2 aromatic heterocycles. The lowest BCUT2D eigenvalue weighted by Crippen LogP contribution is -2.40. The van der Waals surface area contributed by atoms with Crippen molar-refractivity contribution in [3.8, 4) is 11.5 Å². The van der Waals surface area contributed by atoms with Crippen LogP contribution in [0, 0.1) is 0 Å². The average molecular weight is 410 g/mol. The Bertz CT molecular complexity index is 1230. The van der Waals surface area contributed by atoms with Crippen molar-refractivity contribution in [2.75, 3.05) is 13.2 Å². The van der Waals surface area contributed by atoms with Crippen LogP contribution in [0.25, 0.3) is 23.3 Å². The van der Waals surface area contributed by atoms with Crippen LogP contribution in [0.1, 0.15) is 38.1 Å². The van der Waals surface area contributed by atoms with Gasteiger partial charge in [-0.3, -0.25) is 13.9 Å². The van der Waals surface area contributed by atoms with Gasteiger partial charge < -0.3 is 14.0 Å². The predicted molar refractivity (Wildman–Crippen MR) is 116 cm³/mol. The van der Waals surface area contributed by atoms with Crippen molar-refractivity contribution in [3.63, 3.8) is 0 Å². The Kier molecular flexibility index (Phi) is 5.48. The summed E-state index contributed by atoms with van der Waals surface area (Å²) in [5, 5.41) is 0. The van der Waals surface area contributed by atoms with Crippen LogP contribution in [0.5, 0.6) is 11.5 Å². The molecule has 1 aliphatic rings. The number of benzene rings is 1. The van der Waals surface area contributed by atoms with Gasteiger partial charge in [0.05, 0.1) is 0 Å². The molecule has 0 unspecified atom stereocenters. The Balaban J connectivity index is 1.80. The van der Waals surface area contributed by atoms with Gasteiger partial charge in [0, 0.05) is 20.1 Å². The summed E-state index contributed by atoms with van der Waals surface area (Å²) in [4.78, 5) is 30.5. The highest BCUT2D eigenvalue weighted by Crippen LogP contribution is 2.31. The van der Waals surface area contributed by atoms with Gasteiger partial charge in [-0.1, -0.05) is 26.0 Å². The first-order valence-electron chi connectivity index (χ1n) is 10.3. The third kappa shape index (κ3) is 3.42. The lowest BCUT2D eigenvalue weighted by Gasteiger charge is -2.18.